The van der Waals surface area contributed by atoms with Crippen LogP contribution in [0.2, 0.25) is 0 Å². The summed E-state index contributed by atoms with van der Waals surface area (Å²) in [4.78, 5) is 11.1. The lowest BCUT2D eigenvalue weighted by atomic mass is 9.76. The molecular formula is C24H28O5. The van der Waals surface area contributed by atoms with Crippen LogP contribution in [0.5, 0.6) is 5.75 Å². The van der Waals surface area contributed by atoms with Crippen LogP contribution in [0.3, 0.4) is 0 Å². The lowest BCUT2D eigenvalue weighted by molar-refractivity contribution is -0.123. The Labute approximate surface area is 171 Å². The number of carboxylic acids is 1. The van der Waals surface area contributed by atoms with Gasteiger partial charge in [0.25, 0.3) is 0 Å². The van der Waals surface area contributed by atoms with Crippen LogP contribution in [0.25, 0.3) is 5.57 Å². The first-order chi connectivity index (χ1) is 13.7. The van der Waals surface area contributed by atoms with E-state index in [9.17, 15) is 4.79 Å². The highest BCUT2D eigenvalue weighted by molar-refractivity contribution is 5.88. The van der Waals surface area contributed by atoms with E-state index in [4.69, 9.17) is 19.3 Å². The monoisotopic (exact) mass is 396 g/mol. The van der Waals surface area contributed by atoms with Crippen LogP contribution < -0.4 is 4.74 Å². The second-order valence-corrected chi connectivity index (χ2v) is 8.04. The third-order valence-corrected chi connectivity index (χ3v) is 5.55. The number of carbonyl (C=O) groups is 1. The zero-order valence-corrected chi connectivity index (χ0v) is 17.4. The summed E-state index contributed by atoms with van der Waals surface area (Å²) in [6.45, 7) is 8.65. The third-order valence-electron chi connectivity index (χ3n) is 5.55. The summed E-state index contributed by atoms with van der Waals surface area (Å²) in [5, 5.41) is 9.08. The Kier molecular flexibility index (Phi) is 6.10. The van der Waals surface area contributed by atoms with Gasteiger partial charge in [0.2, 0.25) is 0 Å². The molecule has 0 saturated carbocycles. The van der Waals surface area contributed by atoms with E-state index in [1.54, 1.807) is 38.5 Å². The van der Waals surface area contributed by atoms with E-state index in [0.29, 0.717) is 6.42 Å². The molecule has 154 valence electrons. The molecule has 1 atom stereocenters. The van der Waals surface area contributed by atoms with E-state index in [1.165, 1.54) is 0 Å². The fourth-order valence-electron chi connectivity index (χ4n) is 3.87. The normalized spacial score (nSPS) is 17.5. The van der Waals surface area contributed by atoms with Crippen molar-refractivity contribution in [3.8, 4) is 5.75 Å². The summed E-state index contributed by atoms with van der Waals surface area (Å²) in [7, 11) is 3.27. The second kappa shape index (κ2) is 8.39. The van der Waals surface area contributed by atoms with Crippen LogP contribution >= 0.6 is 0 Å². The maximum Gasteiger partial charge on any atom is 0.335 e. The quantitative estimate of drug-likeness (QED) is 0.676. The maximum absolute atomic E-state index is 11.1. The SMILES string of the molecule is C=C(c1ccc(C(=O)O)cc1)c1ccc2c(c1)C(C)(C)CC(CC(OC)OC)O2. The Bertz CT molecular complexity index is 894. The van der Waals surface area contributed by atoms with E-state index in [1.807, 2.05) is 12.1 Å². The highest BCUT2D eigenvalue weighted by atomic mass is 16.7. The van der Waals surface area contributed by atoms with Gasteiger partial charge in [0.1, 0.15) is 11.9 Å². The van der Waals surface area contributed by atoms with Crippen molar-refractivity contribution in [2.24, 2.45) is 0 Å². The molecule has 0 radical (unpaired) electrons. The average Bonchev–Trinajstić information content (AvgIpc) is 2.71. The molecule has 1 N–H and O–H groups in total. The van der Waals surface area contributed by atoms with Gasteiger partial charge in [-0.3, -0.25) is 0 Å². The van der Waals surface area contributed by atoms with Gasteiger partial charge in [0, 0.05) is 26.2 Å². The van der Waals surface area contributed by atoms with Crippen LogP contribution in [0.15, 0.2) is 49.0 Å². The van der Waals surface area contributed by atoms with E-state index in [-0.39, 0.29) is 23.4 Å². The molecule has 0 amide bonds. The molecule has 0 spiro atoms. The largest absolute Gasteiger partial charge is 0.490 e. The Balaban J connectivity index is 1.85. The van der Waals surface area contributed by atoms with Gasteiger partial charge in [0.15, 0.2) is 6.29 Å². The predicted molar refractivity (Wildman–Crippen MR) is 112 cm³/mol. The third kappa shape index (κ3) is 4.52. The first kappa shape index (κ1) is 21.1. The van der Waals surface area contributed by atoms with E-state index < -0.39 is 5.97 Å². The van der Waals surface area contributed by atoms with Gasteiger partial charge in [-0.2, -0.15) is 0 Å². The summed E-state index contributed by atoms with van der Waals surface area (Å²) in [6.07, 6.45) is 1.25. The number of ether oxygens (including phenoxy) is 3. The number of carboxylic acid groups (broad SMARTS) is 1. The van der Waals surface area contributed by atoms with E-state index >= 15 is 0 Å². The van der Waals surface area contributed by atoms with Gasteiger partial charge in [-0.1, -0.05) is 38.6 Å². The minimum absolute atomic E-state index is 0.0139. The molecule has 3 rings (SSSR count). The number of aromatic carboxylic acids is 1. The molecule has 1 aliphatic heterocycles. The van der Waals surface area contributed by atoms with Crippen molar-refractivity contribution in [1.82, 2.24) is 0 Å². The second-order valence-electron chi connectivity index (χ2n) is 8.04. The number of hydrogen-bond acceptors (Lipinski definition) is 4. The lowest BCUT2D eigenvalue weighted by Gasteiger charge is -2.38. The molecule has 0 aliphatic carbocycles. The highest BCUT2D eigenvalue weighted by Crippen LogP contribution is 2.43. The first-order valence-electron chi connectivity index (χ1n) is 9.65. The van der Waals surface area contributed by atoms with Gasteiger partial charge in [-0.25, -0.2) is 4.79 Å². The smallest absolute Gasteiger partial charge is 0.335 e. The first-order valence-corrected chi connectivity index (χ1v) is 9.65. The minimum atomic E-state index is -0.936. The van der Waals surface area contributed by atoms with Crippen molar-refractivity contribution < 1.29 is 24.1 Å². The van der Waals surface area contributed by atoms with Crippen molar-refractivity contribution in [2.45, 2.75) is 44.5 Å². The van der Waals surface area contributed by atoms with E-state index in [0.717, 1.165) is 34.4 Å². The molecule has 5 heteroatoms. The fourth-order valence-corrected chi connectivity index (χ4v) is 3.87. The van der Waals surface area contributed by atoms with Gasteiger partial charge in [-0.05, 0) is 52.8 Å². The number of rotatable bonds is 7. The van der Waals surface area contributed by atoms with Crippen molar-refractivity contribution in [3.05, 3.63) is 71.3 Å². The number of methoxy groups -OCH3 is 2. The van der Waals surface area contributed by atoms with Crippen LogP contribution in [-0.2, 0) is 14.9 Å². The minimum Gasteiger partial charge on any atom is -0.490 e. The molecule has 1 unspecified atom stereocenters. The van der Waals surface area contributed by atoms with Crippen molar-refractivity contribution in [2.75, 3.05) is 14.2 Å². The van der Waals surface area contributed by atoms with Crippen LogP contribution in [0.1, 0.15) is 53.7 Å². The number of hydrogen-bond donors (Lipinski definition) is 1. The zero-order chi connectivity index (χ0) is 21.2. The van der Waals surface area contributed by atoms with Crippen molar-refractivity contribution in [1.29, 1.82) is 0 Å². The average molecular weight is 396 g/mol. The van der Waals surface area contributed by atoms with Crippen molar-refractivity contribution in [3.63, 3.8) is 0 Å². The fraction of sp³-hybridized carbons (Fsp3) is 0.375. The number of fused-ring (bicyclic) bond motifs is 1. The summed E-state index contributed by atoms with van der Waals surface area (Å²) in [5.74, 6) is -0.0661. The Hall–Kier alpha value is -2.63. The number of benzene rings is 2. The predicted octanol–water partition coefficient (Wildman–Crippen LogP) is 4.88. The molecule has 1 heterocycles. The molecule has 1 aliphatic rings. The molecule has 2 aromatic rings. The van der Waals surface area contributed by atoms with Crippen LogP contribution in [-0.4, -0.2) is 37.7 Å². The standard InChI is InChI=1S/C24H28O5/c1-15(16-6-8-17(9-7-16)23(25)26)18-10-11-21-20(12-18)24(2,3)14-19(29-21)13-22(27-4)28-5/h6-12,19,22H,1,13-14H2,2-5H3,(H,25,26). The topological polar surface area (TPSA) is 65.0 Å². The molecule has 5 nitrogen and oxygen atoms in total. The molecule has 0 aromatic heterocycles. The van der Waals surface area contributed by atoms with Crippen LogP contribution in [0.4, 0.5) is 0 Å². The van der Waals surface area contributed by atoms with Gasteiger partial charge in [-0.15, -0.1) is 0 Å². The Morgan fingerprint density at radius 3 is 2.31 bits per heavy atom. The van der Waals surface area contributed by atoms with Gasteiger partial charge < -0.3 is 19.3 Å². The van der Waals surface area contributed by atoms with E-state index in [2.05, 4.69) is 26.5 Å². The van der Waals surface area contributed by atoms with Crippen LogP contribution in [0, 0.1) is 0 Å². The lowest BCUT2D eigenvalue weighted by Crippen LogP contribution is -2.37. The zero-order valence-electron chi connectivity index (χ0n) is 17.4. The molecule has 0 saturated heterocycles. The molecule has 2 aromatic carbocycles. The van der Waals surface area contributed by atoms with Gasteiger partial charge in [0.05, 0.1) is 5.56 Å². The summed E-state index contributed by atoms with van der Waals surface area (Å²) < 4.78 is 16.9. The van der Waals surface area contributed by atoms with Crippen molar-refractivity contribution >= 4 is 11.5 Å². The molecule has 29 heavy (non-hydrogen) atoms. The summed E-state index contributed by atoms with van der Waals surface area (Å²) in [5.41, 5.74) is 4.06. The Morgan fingerprint density at radius 2 is 1.72 bits per heavy atom. The molecule has 0 fully saturated rings. The highest BCUT2D eigenvalue weighted by Gasteiger charge is 2.35. The Morgan fingerprint density at radius 1 is 1.14 bits per heavy atom. The summed E-state index contributed by atoms with van der Waals surface area (Å²) >= 11 is 0. The molecular weight excluding hydrogens is 368 g/mol. The summed E-state index contributed by atoms with van der Waals surface area (Å²) in [6, 6.07) is 12.9. The van der Waals surface area contributed by atoms with Gasteiger partial charge >= 0.3 is 5.97 Å². The molecule has 0 bridgehead atoms. The maximum atomic E-state index is 11.1.